The molecule has 2 heteroatoms. The summed E-state index contributed by atoms with van der Waals surface area (Å²) in [5, 5.41) is 11.9. The molecule has 0 atom stereocenters. The highest BCUT2D eigenvalue weighted by atomic mass is 16.2. The van der Waals surface area contributed by atoms with E-state index >= 15 is 0 Å². The van der Waals surface area contributed by atoms with E-state index in [2.05, 4.69) is 0 Å². The summed E-state index contributed by atoms with van der Waals surface area (Å²) in [6, 6.07) is 18.9. The lowest BCUT2D eigenvalue weighted by Gasteiger charge is -2.19. The average molecular weight is 181 g/mol. The van der Waals surface area contributed by atoms with Gasteiger partial charge in [0.1, 0.15) is 0 Å². The lowest BCUT2D eigenvalue weighted by atomic mass is 9.56. The van der Waals surface area contributed by atoms with Gasteiger partial charge < -0.3 is 5.02 Å². The van der Waals surface area contributed by atoms with Crippen LogP contribution in [0.5, 0.6) is 0 Å². The zero-order chi connectivity index (χ0) is 9.80. The third-order valence-electron chi connectivity index (χ3n) is 2.20. The van der Waals surface area contributed by atoms with E-state index < -0.39 is 6.92 Å². The topological polar surface area (TPSA) is 23.1 Å². The van der Waals surface area contributed by atoms with Gasteiger partial charge in [-0.1, -0.05) is 71.6 Å². The first-order chi connectivity index (χ1) is 6.88. The van der Waals surface area contributed by atoms with Crippen molar-refractivity contribution >= 4 is 17.8 Å². The second-order valence-corrected chi connectivity index (χ2v) is 3.20. The molecule has 68 valence electrons. The lowest BCUT2D eigenvalue weighted by Crippen LogP contribution is -2.53. The van der Waals surface area contributed by atoms with Gasteiger partial charge in [-0.15, -0.1) is 0 Å². The zero-order valence-corrected chi connectivity index (χ0v) is 7.76. The van der Waals surface area contributed by atoms with Crippen LogP contribution in [0.4, 0.5) is 0 Å². The fourth-order valence-electron chi connectivity index (χ4n) is 1.45. The molecule has 0 radical (unpaired) electrons. The van der Waals surface area contributed by atoms with Gasteiger partial charge in [-0.25, -0.2) is 0 Å². The van der Waals surface area contributed by atoms with Crippen LogP contribution < -0.4 is 15.9 Å². The summed E-state index contributed by atoms with van der Waals surface area (Å²) in [6.45, 7) is -0.766. The van der Waals surface area contributed by atoms with Gasteiger partial charge in [0.25, 0.3) is 0 Å². The van der Waals surface area contributed by atoms with E-state index in [1.807, 2.05) is 60.7 Å². The highest BCUT2D eigenvalue weighted by Gasteiger charge is 2.02. The molecule has 14 heavy (non-hydrogen) atoms. The maximum Gasteiger partial charge on any atom is 0.0970 e. The van der Waals surface area contributed by atoms with Gasteiger partial charge in [0.15, 0.2) is 0 Å². The minimum absolute atomic E-state index is 0.766. The molecular formula is C12H10BO-. The minimum atomic E-state index is -0.766. The van der Waals surface area contributed by atoms with Crippen LogP contribution in [-0.4, -0.2) is 6.92 Å². The number of hydrogen-bond donors (Lipinski definition) is 0. The smallest absolute Gasteiger partial charge is 0.0970 e. The SMILES string of the molecule is [O-]B(c1ccccc1)c1ccccc1. The van der Waals surface area contributed by atoms with Crippen LogP contribution in [0.3, 0.4) is 0 Å². The highest BCUT2D eigenvalue weighted by Crippen LogP contribution is 1.87. The molecular weight excluding hydrogens is 171 g/mol. The second-order valence-electron chi connectivity index (χ2n) is 3.20. The Morgan fingerprint density at radius 2 is 1.00 bits per heavy atom. The van der Waals surface area contributed by atoms with E-state index in [9.17, 15) is 5.02 Å². The molecule has 0 spiro atoms. The maximum atomic E-state index is 11.9. The van der Waals surface area contributed by atoms with Crippen LogP contribution in [0.25, 0.3) is 0 Å². The predicted octanol–water partition coefficient (Wildman–Crippen LogP) is 0.153. The van der Waals surface area contributed by atoms with Crippen molar-refractivity contribution in [1.29, 1.82) is 0 Å². The predicted molar refractivity (Wildman–Crippen MR) is 57.9 cm³/mol. The molecule has 1 nitrogen and oxygen atoms in total. The molecule has 0 saturated carbocycles. The Kier molecular flexibility index (Phi) is 2.66. The van der Waals surface area contributed by atoms with Crippen LogP contribution in [0.1, 0.15) is 0 Å². The van der Waals surface area contributed by atoms with Crippen LogP contribution in [0.15, 0.2) is 60.7 Å². The van der Waals surface area contributed by atoms with Crippen LogP contribution in [0.2, 0.25) is 0 Å². The first-order valence-corrected chi connectivity index (χ1v) is 4.63. The van der Waals surface area contributed by atoms with E-state index in [1.165, 1.54) is 0 Å². The summed E-state index contributed by atoms with van der Waals surface area (Å²) in [4.78, 5) is 0. The van der Waals surface area contributed by atoms with Crippen molar-refractivity contribution in [2.24, 2.45) is 0 Å². The van der Waals surface area contributed by atoms with Gasteiger partial charge in [-0.2, -0.15) is 0 Å². The summed E-state index contributed by atoms with van der Waals surface area (Å²) < 4.78 is 0. The standard InChI is InChI=1S/C12H10BO/c14-13(11-7-3-1-4-8-11)12-9-5-2-6-10-12/h1-10H/q-1. The molecule has 0 aliphatic carbocycles. The Labute approximate surface area is 84.1 Å². The minimum Gasteiger partial charge on any atom is -0.872 e. The molecule has 2 rings (SSSR count). The van der Waals surface area contributed by atoms with Crippen molar-refractivity contribution in [2.45, 2.75) is 0 Å². The summed E-state index contributed by atoms with van der Waals surface area (Å²) in [6.07, 6.45) is 0. The van der Waals surface area contributed by atoms with Crippen molar-refractivity contribution in [3.63, 3.8) is 0 Å². The van der Waals surface area contributed by atoms with Gasteiger partial charge in [-0.05, 0) is 0 Å². The van der Waals surface area contributed by atoms with Gasteiger partial charge in [0.05, 0.1) is 6.92 Å². The molecule has 0 aliphatic rings. The molecule has 0 N–H and O–H groups in total. The third-order valence-corrected chi connectivity index (χ3v) is 2.20. The number of hydrogen-bond acceptors (Lipinski definition) is 1. The zero-order valence-electron chi connectivity index (χ0n) is 7.76. The van der Waals surface area contributed by atoms with Crippen LogP contribution in [-0.2, 0) is 0 Å². The summed E-state index contributed by atoms with van der Waals surface area (Å²) in [5.41, 5.74) is 1.64. The summed E-state index contributed by atoms with van der Waals surface area (Å²) in [7, 11) is 0. The quantitative estimate of drug-likeness (QED) is 0.605. The van der Waals surface area contributed by atoms with Crippen LogP contribution in [0, 0.1) is 0 Å². The van der Waals surface area contributed by atoms with Crippen molar-refractivity contribution in [2.75, 3.05) is 0 Å². The van der Waals surface area contributed by atoms with Crippen LogP contribution >= 0.6 is 0 Å². The third kappa shape index (κ3) is 1.86. The van der Waals surface area contributed by atoms with Crippen molar-refractivity contribution in [3.8, 4) is 0 Å². The lowest BCUT2D eigenvalue weighted by molar-refractivity contribution is -0.185. The van der Waals surface area contributed by atoms with Crippen molar-refractivity contribution < 1.29 is 5.02 Å². The molecule has 0 unspecified atom stereocenters. The Hall–Kier alpha value is -1.54. The molecule has 0 heterocycles. The number of benzene rings is 2. The Balaban J connectivity index is 2.30. The largest absolute Gasteiger partial charge is 0.872 e. The average Bonchev–Trinajstić information content (AvgIpc) is 2.30. The fourth-order valence-corrected chi connectivity index (χ4v) is 1.45. The van der Waals surface area contributed by atoms with Gasteiger partial charge >= 0.3 is 0 Å². The highest BCUT2D eigenvalue weighted by molar-refractivity contribution is 6.77. The maximum absolute atomic E-state index is 11.9. The second kappa shape index (κ2) is 4.12. The molecule has 0 saturated heterocycles. The molecule has 2 aromatic carbocycles. The van der Waals surface area contributed by atoms with E-state index in [4.69, 9.17) is 0 Å². The van der Waals surface area contributed by atoms with Gasteiger partial charge in [0.2, 0.25) is 0 Å². The Morgan fingerprint density at radius 3 is 1.36 bits per heavy atom. The molecule has 2 aromatic rings. The van der Waals surface area contributed by atoms with Gasteiger partial charge in [0, 0.05) is 0 Å². The Morgan fingerprint density at radius 1 is 0.643 bits per heavy atom. The fraction of sp³-hybridized carbons (Fsp3) is 0. The summed E-state index contributed by atoms with van der Waals surface area (Å²) >= 11 is 0. The first kappa shape index (κ1) is 9.04. The normalized spacial score (nSPS) is 9.79. The molecule has 0 bridgehead atoms. The van der Waals surface area contributed by atoms with E-state index in [0.717, 1.165) is 10.9 Å². The monoisotopic (exact) mass is 181 g/mol. The first-order valence-electron chi connectivity index (χ1n) is 4.63. The van der Waals surface area contributed by atoms with Crippen molar-refractivity contribution in [3.05, 3.63) is 60.7 Å². The molecule has 0 amide bonds. The molecule has 0 fully saturated rings. The number of rotatable bonds is 2. The Bertz CT molecular complexity index is 346. The van der Waals surface area contributed by atoms with Gasteiger partial charge in [-0.3, -0.25) is 0 Å². The van der Waals surface area contributed by atoms with E-state index in [-0.39, 0.29) is 0 Å². The molecule has 0 aromatic heterocycles. The summed E-state index contributed by atoms with van der Waals surface area (Å²) in [5.74, 6) is 0. The van der Waals surface area contributed by atoms with E-state index in [1.54, 1.807) is 0 Å². The van der Waals surface area contributed by atoms with Crippen molar-refractivity contribution in [1.82, 2.24) is 0 Å². The molecule has 0 aliphatic heterocycles. The van der Waals surface area contributed by atoms with E-state index in [0.29, 0.717) is 0 Å².